The molecule has 0 radical (unpaired) electrons. The van der Waals surface area contributed by atoms with Gasteiger partial charge >= 0.3 is 5.97 Å². The van der Waals surface area contributed by atoms with Gasteiger partial charge in [0.15, 0.2) is 0 Å². The molecule has 0 aliphatic carbocycles. The van der Waals surface area contributed by atoms with Gasteiger partial charge < -0.3 is 14.9 Å². The third-order valence-corrected chi connectivity index (χ3v) is 6.22. The van der Waals surface area contributed by atoms with E-state index in [1.54, 1.807) is 6.07 Å². The number of anilines is 6. The van der Waals surface area contributed by atoms with Gasteiger partial charge in [0.25, 0.3) is 0 Å². The minimum atomic E-state index is -1.24. The van der Waals surface area contributed by atoms with Crippen molar-refractivity contribution in [2.75, 3.05) is 9.80 Å². The summed E-state index contributed by atoms with van der Waals surface area (Å²) in [6.07, 6.45) is 1.37. The standard InChI is InChI=1S/C34H25N3O2/c35-25-27(34(38)39)24-26-16-18-31(19-17-26)37(30-14-8-3-9-15-30)33-22-20-32(21-23-33)36(28-10-4-1-5-11-28)29-12-6-2-7-13-29/h1-24H,(H,38,39)/b27-24-. The van der Waals surface area contributed by atoms with E-state index in [1.165, 1.54) is 6.08 Å². The van der Waals surface area contributed by atoms with Gasteiger partial charge in [-0.1, -0.05) is 66.7 Å². The minimum Gasteiger partial charge on any atom is -0.477 e. The molecule has 1 N–H and O–H groups in total. The first-order valence-corrected chi connectivity index (χ1v) is 12.4. The first-order chi connectivity index (χ1) is 19.1. The van der Waals surface area contributed by atoms with Crippen molar-refractivity contribution in [3.05, 3.63) is 151 Å². The average molecular weight is 508 g/mol. The number of para-hydroxylation sites is 3. The average Bonchev–Trinajstić information content (AvgIpc) is 2.99. The molecule has 39 heavy (non-hydrogen) atoms. The number of carboxylic acid groups (broad SMARTS) is 1. The van der Waals surface area contributed by atoms with Crippen LogP contribution in [0.3, 0.4) is 0 Å². The van der Waals surface area contributed by atoms with Crippen LogP contribution in [0, 0.1) is 11.3 Å². The van der Waals surface area contributed by atoms with Crippen LogP contribution in [-0.2, 0) is 4.79 Å². The largest absolute Gasteiger partial charge is 0.477 e. The molecular formula is C34H25N3O2. The van der Waals surface area contributed by atoms with Crippen LogP contribution < -0.4 is 9.80 Å². The second-order valence-corrected chi connectivity index (χ2v) is 8.76. The molecule has 0 aliphatic heterocycles. The molecule has 0 heterocycles. The number of carbonyl (C=O) groups is 1. The molecule has 0 unspecified atom stereocenters. The van der Waals surface area contributed by atoms with Crippen molar-refractivity contribution >= 4 is 46.2 Å². The van der Waals surface area contributed by atoms with Gasteiger partial charge in [0.05, 0.1) is 0 Å². The zero-order chi connectivity index (χ0) is 27.0. The highest BCUT2D eigenvalue weighted by Gasteiger charge is 2.15. The number of aliphatic carboxylic acids is 1. The van der Waals surface area contributed by atoms with Crippen LogP contribution >= 0.6 is 0 Å². The van der Waals surface area contributed by atoms with E-state index >= 15 is 0 Å². The van der Waals surface area contributed by atoms with E-state index in [2.05, 4.69) is 58.3 Å². The smallest absolute Gasteiger partial charge is 0.346 e. The van der Waals surface area contributed by atoms with Crippen molar-refractivity contribution < 1.29 is 9.90 Å². The second-order valence-electron chi connectivity index (χ2n) is 8.76. The molecule has 0 saturated heterocycles. The number of carboxylic acids is 1. The molecule has 0 aromatic heterocycles. The van der Waals surface area contributed by atoms with Crippen LogP contribution in [0.1, 0.15) is 5.56 Å². The Balaban J connectivity index is 1.53. The maximum Gasteiger partial charge on any atom is 0.346 e. The van der Waals surface area contributed by atoms with Crippen LogP contribution in [-0.4, -0.2) is 11.1 Å². The normalized spacial score (nSPS) is 10.9. The van der Waals surface area contributed by atoms with Gasteiger partial charge in [0.1, 0.15) is 11.6 Å². The second kappa shape index (κ2) is 11.6. The monoisotopic (exact) mass is 507 g/mol. The Morgan fingerprint density at radius 1 is 0.538 bits per heavy atom. The lowest BCUT2D eigenvalue weighted by Crippen LogP contribution is -2.12. The quantitative estimate of drug-likeness (QED) is 0.168. The lowest BCUT2D eigenvalue weighted by atomic mass is 10.1. The van der Waals surface area contributed by atoms with Crippen LogP contribution in [0.15, 0.2) is 145 Å². The Morgan fingerprint density at radius 3 is 1.15 bits per heavy atom. The molecule has 0 fully saturated rings. The lowest BCUT2D eigenvalue weighted by Gasteiger charge is -2.28. The van der Waals surface area contributed by atoms with Crippen LogP contribution in [0.5, 0.6) is 0 Å². The van der Waals surface area contributed by atoms with E-state index in [0.29, 0.717) is 5.56 Å². The topological polar surface area (TPSA) is 67.6 Å². The number of rotatable bonds is 8. The fourth-order valence-electron chi connectivity index (χ4n) is 4.40. The molecule has 5 rings (SSSR count). The summed E-state index contributed by atoms with van der Waals surface area (Å²) >= 11 is 0. The number of hydrogen-bond acceptors (Lipinski definition) is 4. The Labute approximate surface area is 227 Å². The summed E-state index contributed by atoms with van der Waals surface area (Å²) in [5.74, 6) is -1.24. The molecule has 0 atom stereocenters. The maximum absolute atomic E-state index is 11.2. The van der Waals surface area contributed by atoms with Crippen molar-refractivity contribution in [1.82, 2.24) is 0 Å². The molecule has 0 amide bonds. The molecule has 0 aliphatic rings. The van der Waals surface area contributed by atoms with Crippen LogP contribution in [0.25, 0.3) is 6.08 Å². The Morgan fingerprint density at radius 2 is 0.846 bits per heavy atom. The zero-order valence-electron chi connectivity index (χ0n) is 21.1. The molecular weight excluding hydrogens is 482 g/mol. The third-order valence-electron chi connectivity index (χ3n) is 6.22. The van der Waals surface area contributed by atoms with Gasteiger partial charge in [0.2, 0.25) is 0 Å². The molecule has 5 aromatic rings. The summed E-state index contributed by atoms with van der Waals surface area (Å²) in [4.78, 5) is 15.6. The summed E-state index contributed by atoms with van der Waals surface area (Å²) < 4.78 is 0. The summed E-state index contributed by atoms with van der Waals surface area (Å²) in [7, 11) is 0. The number of nitriles is 1. The number of nitrogens with zero attached hydrogens (tertiary/aromatic N) is 3. The maximum atomic E-state index is 11.2. The zero-order valence-corrected chi connectivity index (χ0v) is 21.1. The number of hydrogen-bond donors (Lipinski definition) is 1. The predicted octanol–water partition coefficient (Wildman–Crippen LogP) is 8.62. The van der Waals surface area contributed by atoms with Gasteiger partial charge in [-0.3, -0.25) is 0 Å². The van der Waals surface area contributed by atoms with E-state index in [4.69, 9.17) is 5.26 Å². The van der Waals surface area contributed by atoms with Gasteiger partial charge in [-0.15, -0.1) is 0 Å². The van der Waals surface area contributed by atoms with Gasteiger partial charge in [-0.25, -0.2) is 4.79 Å². The SMILES string of the molecule is N#C/C(=C/c1ccc(N(c2ccccc2)c2ccc(N(c3ccccc3)c3ccccc3)cc2)cc1)C(=O)O. The Kier molecular flexibility index (Phi) is 7.48. The minimum absolute atomic E-state index is 0.306. The molecule has 5 heteroatoms. The molecule has 5 aromatic carbocycles. The lowest BCUT2D eigenvalue weighted by molar-refractivity contribution is -0.132. The number of benzene rings is 5. The van der Waals surface area contributed by atoms with Crippen molar-refractivity contribution in [1.29, 1.82) is 5.26 Å². The fourth-order valence-corrected chi connectivity index (χ4v) is 4.40. The Bertz CT molecular complexity index is 1570. The highest BCUT2D eigenvalue weighted by Crippen LogP contribution is 2.38. The molecule has 5 nitrogen and oxygen atoms in total. The van der Waals surface area contributed by atoms with Crippen molar-refractivity contribution in [3.8, 4) is 6.07 Å². The molecule has 188 valence electrons. The first kappa shape index (κ1) is 25.1. The van der Waals surface area contributed by atoms with Crippen molar-refractivity contribution in [3.63, 3.8) is 0 Å². The van der Waals surface area contributed by atoms with Crippen molar-refractivity contribution in [2.45, 2.75) is 0 Å². The third kappa shape index (κ3) is 5.71. The summed E-state index contributed by atoms with van der Waals surface area (Å²) in [6.45, 7) is 0. The highest BCUT2D eigenvalue weighted by atomic mass is 16.4. The van der Waals surface area contributed by atoms with Crippen LogP contribution in [0.4, 0.5) is 34.1 Å². The fraction of sp³-hybridized carbons (Fsp3) is 0. The first-order valence-electron chi connectivity index (χ1n) is 12.4. The van der Waals surface area contributed by atoms with Gasteiger partial charge in [-0.05, 0) is 84.4 Å². The van der Waals surface area contributed by atoms with E-state index in [1.807, 2.05) is 91.0 Å². The van der Waals surface area contributed by atoms with E-state index in [0.717, 1.165) is 34.1 Å². The Hall–Kier alpha value is -5.60. The summed E-state index contributed by atoms with van der Waals surface area (Å²) in [5.41, 5.74) is 6.36. The van der Waals surface area contributed by atoms with Crippen molar-refractivity contribution in [2.24, 2.45) is 0 Å². The molecule has 0 bridgehead atoms. The highest BCUT2D eigenvalue weighted by molar-refractivity contribution is 5.96. The molecule has 0 saturated carbocycles. The van der Waals surface area contributed by atoms with E-state index < -0.39 is 5.97 Å². The summed E-state index contributed by atoms with van der Waals surface area (Å²) in [6, 6.07) is 48.2. The van der Waals surface area contributed by atoms with Gasteiger partial charge in [0, 0.05) is 34.1 Å². The predicted molar refractivity (Wildman–Crippen MR) is 157 cm³/mol. The van der Waals surface area contributed by atoms with E-state index in [-0.39, 0.29) is 5.57 Å². The van der Waals surface area contributed by atoms with Gasteiger partial charge in [-0.2, -0.15) is 5.26 Å². The summed E-state index contributed by atoms with van der Waals surface area (Å²) in [5, 5.41) is 18.3. The van der Waals surface area contributed by atoms with E-state index in [9.17, 15) is 9.90 Å². The molecule has 0 spiro atoms. The van der Waals surface area contributed by atoms with Crippen LogP contribution in [0.2, 0.25) is 0 Å².